The highest BCUT2D eigenvalue weighted by Crippen LogP contribution is 2.28. The largest absolute Gasteiger partial charge is 0.490 e. The molecule has 0 fully saturated rings. The smallest absolute Gasteiger partial charge is 0.271 e. The molecule has 0 aliphatic rings. The normalized spacial score (nSPS) is 10.2. The maximum atomic E-state index is 12.4. The van der Waals surface area contributed by atoms with Gasteiger partial charge in [0.25, 0.3) is 5.91 Å². The van der Waals surface area contributed by atoms with Crippen molar-refractivity contribution < 1.29 is 19.0 Å². The van der Waals surface area contributed by atoms with Gasteiger partial charge < -0.3 is 14.2 Å². The number of benzene rings is 2. The lowest BCUT2D eigenvalue weighted by Gasteiger charge is -2.12. The Morgan fingerprint density at radius 1 is 1.21 bits per heavy atom. The molecule has 0 unspecified atom stereocenters. The average molecular weight is 457 g/mol. The van der Waals surface area contributed by atoms with Crippen molar-refractivity contribution in [3.63, 3.8) is 0 Å². The van der Waals surface area contributed by atoms with Crippen LogP contribution in [0.3, 0.4) is 0 Å². The molecule has 2 rings (SSSR count). The molecule has 0 bridgehead atoms. The topological polar surface area (TPSA) is 69.2 Å². The minimum Gasteiger partial charge on any atom is -0.490 e. The summed E-state index contributed by atoms with van der Waals surface area (Å²) in [6.07, 6.45) is 8.35. The Morgan fingerprint density at radius 2 is 2.00 bits per heavy atom. The number of carbonyl (C=O) groups is 1. The van der Waals surface area contributed by atoms with Crippen molar-refractivity contribution in [3.8, 4) is 29.6 Å². The van der Waals surface area contributed by atoms with Crippen LogP contribution in [0.15, 0.2) is 58.6 Å². The SMILES string of the molecule is C#CCOc1ccc(/C=N/NC(=O)c2ccc(OCC=C)c(OCC)c2)cc1Br. The van der Waals surface area contributed by atoms with Crippen LogP contribution in [0.4, 0.5) is 0 Å². The van der Waals surface area contributed by atoms with Crippen LogP contribution in [0.25, 0.3) is 0 Å². The van der Waals surface area contributed by atoms with Crippen LogP contribution in [-0.2, 0) is 0 Å². The van der Waals surface area contributed by atoms with Crippen molar-refractivity contribution in [2.75, 3.05) is 19.8 Å². The fraction of sp³-hybridized carbons (Fsp3) is 0.182. The van der Waals surface area contributed by atoms with Gasteiger partial charge in [-0.1, -0.05) is 18.6 Å². The number of hydrazone groups is 1. The maximum Gasteiger partial charge on any atom is 0.271 e. The summed E-state index contributed by atoms with van der Waals surface area (Å²) >= 11 is 3.41. The number of ether oxygens (including phenoxy) is 3. The van der Waals surface area contributed by atoms with E-state index in [1.165, 1.54) is 6.21 Å². The average Bonchev–Trinajstić information content (AvgIpc) is 2.72. The molecule has 1 amide bonds. The molecule has 0 heterocycles. The zero-order chi connectivity index (χ0) is 21.1. The predicted molar refractivity (Wildman–Crippen MR) is 117 cm³/mol. The molecule has 150 valence electrons. The Morgan fingerprint density at radius 3 is 2.69 bits per heavy atom. The van der Waals surface area contributed by atoms with Gasteiger partial charge >= 0.3 is 0 Å². The first-order valence-corrected chi connectivity index (χ1v) is 9.58. The molecule has 2 aromatic rings. The van der Waals surface area contributed by atoms with Crippen molar-refractivity contribution in [3.05, 3.63) is 64.7 Å². The highest BCUT2D eigenvalue weighted by Gasteiger charge is 2.11. The van der Waals surface area contributed by atoms with Gasteiger partial charge in [-0.2, -0.15) is 5.10 Å². The molecule has 0 aliphatic heterocycles. The quantitative estimate of drug-likeness (QED) is 0.252. The molecular weight excluding hydrogens is 436 g/mol. The second-order valence-corrected chi connectivity index (χ2v) is 6.43. The molecule has 0 spiro atoms. The van der Waals surface area contributed by atoms with E-state index in [2.05, 4.69) is 39.0 Å². The number of rotatable bonds is 10. The summed E-state index contributed by atoms with van der Waals surface area (Å²) in [7, 11) is 0. The number of nitrogens with zero attached hydrogens (tertiary/aromatic N) is 1. The van der Waals surface area contributed by atoms with Crippen LogP contribution in [0.2, 0.25) is 0 Å². The van der Waals surface area contributed by atoms with Crippen LogP contribution in [0, 0.1) is 12.3 Å². The first kappa shape index (κ1) is 22.1. The van der Waals surface area contributed by atoms with E-state index in [0.29, 0.717) is 36.0 Å². The molecule has 0 saturated carbocycles. The second-order valence-electron chi connectivity index (χ2n) is 5.58. The van der Waals surface area contributed by atoms with Crippen molar-refractivity contribution in [1.82, 2.24) is 5.43 Å². The summed E-state index contributed by atoms with van der Waals surface area (Å²) in [5.74, 6) is 3.70. The standard InChI is InChI=1S/C22H21BrN2O4/c1-4-11-28-19-9-7-16(13-18(19)23)15-24-25-22(26)17-8-10-20(29-12-5-2)21(14-17)27-6-3/h1,5,7-10,13-15H,2,6,11-12H2,3H3,(H,25,26)/b24-15+. The molecule has 6 nitrogen and oxygen atoms in total. The van der Waals surface area contributed by atoms with Gasteiger partial charge in [0, 0.05) is 5.56 Å². The minimum atomic E-state index is -0.370. The van der Waals surface area contributed by atoms with Crippen molar-refractivity contribution in [1.29, 1.82) is 0 Å². The number of hydrogen-bond donors (Lipinski definition) is 1. The Labute approximate surface area is 178 Å². The number of halogens is 1. The predicted octanol–water partition coefficient (Wildman–Crippen LogP) is 4.19. The highest BCUT2D eigenvalue weighted by molar-refractivity contribution is 9.10. The minimum absolute atomic E-state index is 0.184. The Bertz CT molecular complexity index is 935. The molecule has 0 saturated heterocycles. The monoisotopic (exact) mass is 456 g/mol. The second kappa shape index (κ2) is 11.6. The molecule has 2 aromatic carbocycles. The van der Waals surface area contributed by atoms with Gasteiger partial charge in [0.05, 0.1) is 17.3 Å². The van der Waals surface area contributed by atoms with Crippen LogP contribution in [-0.4, -0.2) is 31.9 Å². The third-order valence-corrected chi connectivity index (χ3v) is 4.13. The van der Waals surface area contributed by atoms with Gasteiger partial charge in [0.1, 0.15) is 19.0 Å². The van der Waals surface area contributed by atoms with E-state index in [1.807, 2.05) is 6.92 Å². The molecule has 0 atom stereocenters. The number of terminal acetylenes is 1. The van der Waals surface area contributed by atoms with E-state index in [-0.39, 0.29) is 12.5 Å². The van der Waals surface area contributed by atoms with E-state index in [9.17, 15) is 4.79 Å². The zero-order valence-electron chi connectivity index (χ0n) is 16.0. The summed E-state index contributed by atoms with van der Waals surface area (Å²) < 4.78 is 17.2. The van der Waals surface area contributed by atoms with Gasteiger partial charge in [-0.15, -0.1) is 6.42 Å². The molecule has 0 aromatic heterocycles. The van der Waals surface area contributed by atoms with E-state index < -0.39 is 0 Å². The molecule has 1 N–H and O–H groups in total. The van der Waals surface area contributed by atoms with Gasteiger partial charge in [0.15, 0.2) is 11.5 Å². The van der Waals surface area contributed by atoms with E-state index in [4.69, 9.17) is 20.6 Å². The van der Waals surface area contributed by atoms with Gasteiger partial charge in [-0.05, 0) is 64.8 Å². The van der Waals surface area contributed by atoms with E-state index >= 15 is 0 Å². The van der Waals surface area contributed by atoms with Crippen molar-refractivity contribution in [2.24, 2.45) is 5.10 Å². The molecule has 0 radical (unpaired) electrons. The fourth-order valence-corrected chi connectivity index (χ4v) is 2.76. The zero-order valence-corrected chi connectivity index (χ0v) is 17.6. The van der Waals surface area contributed by atoms with E-state index in [0.717, 1.165) is 10.0 Å². The summed E-state index contributed by atoms with van der Waals surface area (Å²) in [4.78, 5) is 12.4. The van der Waals surface area contributed by atoms with Gasteiger partial charge in [-0.25, -0.2) is 5.43 Å². The van der Waals surface area contributed by atoms with Crippen LogP contribution >= 0.6 is 15.9 Å². The van der Waals surface area contributed by atoms with Crippen LogP contribution in [0.5, 0.6) is 17.2 Å². The third kappa shape index (κ3) is 6.70. The van der Waals surface area contributed by atoms with Crippen LogP contribution in [0.1, 0.15) is 22.8 Å². The van der Waals surface area contributed by atoms with Gasteiger partial charge in [0.2, 0.25) is 0 Å². The molecular formula is C22H21BrN2O4. The Balaban J connectivity index is 2.04. The summed E-state index contributed by atoms with van der Waals surface area (Å²) in [5, 5.41) is 3.99. The Hall–Kier alpha value is -3.24. The van der Waals surface area contributed by atoms with Crippen LogP contribution < -0.4 is 19.6 Å². The van der Waals surface area contributed by atoms with Gasteiger partial charge in [-0.3, -0.25) is 4.79 Å². The molecule has 29 heavy (non-hydrogen) atoms. The fourth-order valence-electron chi connectivity index (χ4n) is 2.25. The van der Waals surface area contributed by atoms with Crippen molar-refractivity contribution in [2.45, 2.75) is 6.92 Å². The Kier molecular flexibility index (Phi) is 8.80. The number of hydrogen-bond acceptors (Lipinski definition) is 5. The first-order valence-electron chi connectivity index (χ1n) is 8.78. The lowest BCUT2D eigenvalue weighted by molar-refractivity contribution is 0.0954. The lowest BCUT2D eigenvalue weighted by atomic mass is 10.2. The first-order chi connectivity index (χ1) is 14.1. The number of amides is 1. The van der Waals surface area contributed by atoms with Crippen molar-refractivity contribution >= 4 is 28.1 Å². The number of nitrogens with one attached hydrogen (secondary N) is 1. The highest BCUT2D eigenvalue weighted by atomic mass is 79.9. The molecule has 7 heteroatoms. The molecule has 0 aliphatic carbocycles. The van der Waals surface area contributed by atoms with E-state index in [1.54, 1.807) is 42.5 Å². The summed E-state index contributed by atoms with van der Waals surface area (Å²) in [6.45, 7) is 6.45. The summed E-state index contributed by atoms with van der Waals surface area (Å²) in [5.41, 5.74) is 3.66. The number of carbonyl (C=O) groups excluding carboxylic acids is 1. The maximum absolute atomic E-state index is 12.4. The lowest BCUT2D eigenvalue weighted by Crippen LogP contribution is -2.17. The summed E-state index contributed by atoms with van der Waals surface area (Å²) in [6, 6.07) is 10.3. The third-order valence-electron chi connectivity index (χ3n) is 3.51.